The number of piperazine rings is 1. The number of halogens is 1. The van der Waals surface area contributed by atoms with Crippen molar-refractivity contribution in [2.45, 2.75) is 71.7 Å². The van der Waals surface area contributed by atoms with Crippen molar-refractivity contribution in [1.29, 1.82) is 5.26 Å². The molecular weight excluding hydrogens is 1000 g/mol. The number of pyridine rings is 1. The average Bonchev–Trinajstić information content (AvgIpc) is 4.07. The number of rotatable bonds is 18. The van der Waals surface area contributed by atoms with Crippen LogP contribution in [0.25, 0.3) is 33.0 Å². The summed E-state index contributed by atoms with van der Waals surface area (Å²) in [4.78, 5) is 91.7. The number of hydrogen-bond donors (Lipinski definition) is 5. The number of aliphatic hydroxyl groups is 1. The smallest absolute Gasteiger partial charge is 0.274 e. The molecule has 3 aromatic carbocycles. The first-order valence-corrected chi connectivity index (χ1v) is 26.1. The number of nitriles is 1. The van der Waals surface area contributed by atoms with E-state index in [4.69, 9.17) is 4.74 Å². The first kappa shape index (κ1) is 55.1. The number of thiazole rings is 1. The molecule has 5 N–H and O–H groups in total. The van der Waals surface area contributed by atoms with E-state index < -0.39 is 53.0 Å². The molecule has 0 aliphatic carbocycles. The molecule has 8 rings (SSSR count). The van der Waals surface area contributed by atoms with Crippen LogP contribution in [0.2, 0.25) is 0 Å². The fourth-order valence-electron chi connectivity index (χ4n) is 9.37. The predicted octanol–water partition coefficient (Wildman–Crippen LogP) is 5.74. The molecule has 0 bridgehead atoms. The van der Waals surface area contributed by atoms with E-state index in [0.29, 0.717) is 60.7 Å². The first-order chi connectivity index (χ1) is 37.0. The number of aromatic nitrogens is 4. The molecule has 6 aromatic rings. The Kier molecular flexibility index (Phi) is 17.6. The third-order valence-electron chi connectivity index (χ3n) is 13.5. The second-order valence-corrected chi connectivity index (χ2v) is 20.8. The third kappa shape index (κ3) is 13.4. The van der Waals surface area contributed by atoms with Crippen LogP contribution in [0.3, 0.4) is 0 Å². The van der Waals surface area contributed by atoms with E-state index in [1.54, 1.807) is 53.5 Å². The Morgan fingerprint density at radius 3 is 2.43 bits per heavy atom. The molecule has 2 fully saturated rings. The lowest BCUT2D eigenvalue weighted by molar-refractivity contribution is -0.144. The summed E-state index contributed by atoms with van der Waals surface area (Å²) in [5.41, 5.74) is 6.77. The van der Waals surface area contributed by atoms with Crippen LogP contribution >= 0.6 is 11.3 Å². The fourth-order valence-corrected chi connectivity index (χ4v) is 10.2. The van der Waals surface area contributed by atoms with Crippen molar-refractivity contribution < 1.29 is 38.2 Å². The van der Waals surface area contributed by atoms with Gasteiger partial charge >= 0.3 is 0 Å². The molecule has 77 heavy (non-hydrogen) atoms. The van der Waals surface area contributed by atoms with E-state index in [2.05, 4.69) is 52.2 Å². The molecule has 0 radical (unpaired) electrons. The van der Waals surface area contributed by atoms with Crippen LogP contribution in [-0.4, -0.2) is 135 Å². The zero-order chi connectivity index (χ0) is 54.8. The zero-order valence-corrected chi connectivity index (χ0v) is 44.3. The maximum Gasteiger partial charge on any atom is 0.274 e. The van der Waals surface area contributed by atoms with Gasteiger partial charge in [0.2, 0.25) is 23.6 Å². The summed E-state index contributed by atoms with van der Waals surface area (Å²) in [6.45, 7) is 9.85. The summed E-state index contributed by atoms with van der Waals surface area (Å²) >= 11 is 1.56. The van der Waals surface area contributed by atoms with Crippen molar-refractivity contribution in [3.05, 3.63) is 125 Å². The molecule has 21 heteroatoms. The summed E-state index contributed by atoms with van der Waals surface area (Å²) in [5, 5.41) is 32.2. The second-order valence-electron chi connectivity index (χ2n) is 20.0. The number of methoxy groups -OCH3 is 1. The monoisotopic (exact) mass is 1060 g/mol. The van der Waals surface area contributed by atoms with Crippen molar-refractivity contribution >= 4 is 52.2 Å². The van der Waals surface area contributed by atoms with Gasteiger partial charge in [0, 0.05) is 82.8 Å². The number of benzene rings is 3. The van der Waals surface area contributed by atoms with Crippen LogP contribution in [0, 0.1) is 29.5 Å². The number of nitrogens with one attached hydrogen (secondary N) is 4. The van der Waals surface area contributed by atoms with E-state index in [1.807, 2.05) is 62.9 Å². The van der Waals surface area contributed by atoms with Gasteiger partial charge in [-0.25, -0.2) is 19.3 Å². The molecular formula is C56H61FN12O7S. The highest BCUT2D eigenvalue weighted by Crippen LogP contribution is 2.35. The SMILES string of the molecule is COc1cccc(F)c1-c1nccc(C(=O)Nc2ccc(-c3cnccc3C#N)cc2N2CCN(CC(=O)NCCCC(=O)N[C@H](C(=O)N3C[C@H](O)C[C@H]3C(=O)NCc3ccc(-c4scnc4C)cc3)C(C)(C)C)CC2)n1. The number of ether oxygens (including phenoxy) is 1. The average molecular weight is 1070 g/mol. The number of anilines is 2. The van der Waals surface area contributed by atoms with Crippen molar-refractivity contribution in [3.8, 4) is 44.8 Å². The van der Waals surface area contributed by atoms with E-state index in [0.717, 1.165) is 21.7 Å². The van der Waals surface area contributed by atoms with Gasteiger partial charge < -0.3 is 40.9 Å². The van der Waals surface area contributed by atoms with Crippen LogP contribution < -0.4 is 30.9 Å². The minimum absolute atomic E-state index is 0.0114. The molecule has 3 aromatic heterocycles. The van der Waals surface area contributed by atoms with Gasteiger partial charge in [-0.2, -0.15) is 5.26 Å². The van der Waals surface area contributed by atoms with Gasteiger partial charge in [-0.3, -0.25) is 33.9 Å². The molecule has 5 amide bonds. The van der Waals surface area contributed by atoms with Gasteiger partial charge in [0.05, 0.1) is 64.4 Å². The van der Waals surface area contributed by atoms with Gasteiger partial charge in [0.1, 0.15) is 29.3 Å². The maximum absolute atomic E-state index is 15.0. The summed E-state index contributed by atoms with van der Waals surface area (Å²) in [7, 11) is 1.40. The van der Waals surface area contributed by atoms with E-state index in [9.17, 15) is 38.7 Å². The minimum Gasteiger partial charge on any atom is -0.496 e. The summed E-state index contributed by atoms with van der Waals surface area (Å²) in [6, 6.07) is 20.9. The normalized spacial score (nSPS) is 16.0. The van der Waals surface area contributed by atoms with E-state index >= 15 is 0 Å². The summed E-state index contributed by atoms with van der Waals surface area (Å²) in [5.74, 6) is -2.47. The number of aliphatic hydroxyl groups excluding tert-OH is 1. The molecule has 0 unspecified atom stereocenters. The van der Waals surface area contributed by atoms with Gasteiger partial charge in [0.25, 0.3) is 5.91 Å². The van der Waals surface area contributed by atoms with Crippen LogP contribution in [0.5, 0.6) is 5.75 Å². The molecule has 2 aliphatic rings. The van der Waals surface area contributed by atoms with Crippen molar-refractivity contribution in [1.82, 2.24) is 45.7 Å². The maximum atomic E-state index is 15.0. The number of aryl methyl sites for hydroxylation is 1. The molecule has 0 spiro atoms. The summed E-state index contributed by atoms with van der Waals surface area (Å²) < 4.78 is 20.3. The van der Waals surface area contributed by atoms with Crippen LogP contribution in [0.1, 0.15) is 67.3 Å². The lowest BCUT2D eigenvalue weighted by Crippen LogP contribution is -2.57. The van der Waals surface area contributed by atoms with Gasteiger partial charge in [0.15, 0.2) is 5.82 Å². The Morgan fingerprint density at radius 2 is 1.71 bits per heavy atom. The number of likely N-dealkylation sites (tertiary alicyclic amines) is 1. The summed E-state index contributed by atoms with van der Waals surface area (Å²) in [6.07, 6.45) is 4.01. The topological polar surface area (TPSA) is 248 Å². The highest BCUT2D eigenvalue weighted by molar-refractivity contribution is 7.13. The fraction of sp³-hybridized carbons (Fsp3) is 0.357. The second kappa shape index (κ2) is 24.7. The Morgan fingerprint density at radius 1 is 0.948 bits per heavy atom. The van der Waals surface area contributed by atoms with Gasteiger partial charge in [-0.15, -0.1) is 11.3 Å². The molecule has 2 saturated heterocycles. The van der Waals surface area contributed by atoms with Crippen molar-refractivity contribution in [2.24, 2.45) is 5.41 Å². The molecule has 3 atom stereocenters. The van der Waals surface area contributed by atoms with Gasteiger partial charge in [-0.1, -0.05) is 57.2 Å². The molecule has 19 nitrogen and oxygen atoms in total. The molecule has 0 saturated carbocycles. The number of hydrogen-bond acceptors (Lipinski definition) is 15. The Labute approximate surface area is 449 Å². The minimum atomic E-state index is -0.990. The quantitative estimate of drug-likeness (QED) is 0.0645. The lowest BCUT2D eigenvalue weighted by atomic mass is 9.85. The van der Waals surface area contributed by atoms with Crippen LogP contribution in [0.15, 0.2) is 96.9 Å². The number of β-amino-alcohol motifs (C(OH)–C–C–N with tert-alkyl or cyclic N) is 1. The molecule has 400 valence electrons. The number of carbonyl (C=O) groups is 5. The van der Waals surface area contributed by atoms with E-state index in [-0.39, 0.29) is 67.8 Å². The van der Waals surface area contributed by atoms with Crippen LogP contribution in [-0.2, 0) is 25.7 Å². The zero-order valence-electron chi connectivity index (χ0n) is 43.5. The number of carbonyl (C=O) groups excluding carboxylic acids is 5. The van der Waals surface area contributed by atoms with Crippen molar-refractivity contribution in [2.75, 3.05) is 63.1 Å². The number of nitrogens with zero attached hydrogens (tertiary/aromatic N) is 8. The Hall–Kier alpha value is -8.19. The van der Waals surface area contributed by atoms with Gasteiger partial charge in [-0.05, 0) is 71.8 Å². The largest absolute Gasteiger partial charge is 0.496 e. The molecule has 2 aliphatic heterocycles. The standard InChI is InChI=1S/C56H61FN12O7S/c1-34-50(77-33-63-34)36-13-11-35(12-14-36)29-62-54(74)45-27-39(70)31-69(45)55(75)51(56(2,3)4)66-47(71)10-7-19-60-48(72)32-67-22-24-68(25-23-67)44-26-37(40-30-59-20-17-38(40)28-58)15-16-42(44)65-53(73)43-18-21-61-52(64-43)49-41(57)8-6-9-46(49)76-5/h6,8-9,11-18,20-21,26,30,33,39,45,51,70H,7,10,19,22-25,27,29,31-32H2,1-5H3,(H,60,72)(H,62,74)(H,65,73)(H,66,71)/t39-,45+,51-/m1/s1. The van der Waals surface area contributed by atoms with E-state index in [1.165, 1.54) is 36.4 Å². The van der Waals surface area contributed by atoms with Crippen molar-refractivity contribution in [3.63, 3.8) is 0 Å². The molecule has 5 heterocycles. The lowest BCUT2D eigenvalue weighted by Gasteiger charge is -2.36. The Balaban J connectivity index is 0.829. The third-order valence-corrected chi connectivity index (χ3v) is 14.5. The first-order valence-electron chi connectivity index (χ1n) is 25.3. The van der Waals surface area contributed by atoms with Crippen LogP contribution in [0.4, 0.5) is 15.8 Å². The highest BCUT2D eigenvalue weighted by atomic mass is 32.1. The Bertz CT molecular complexity index is 3170. The predicted molar refractivity (Wildman–Crippen MR) is 289 cm³/mol. The number of amides is 5. The highest BCUT2D eigenvalue weighted by Gasteiger charge is 2.44.